The van der Waals surface area contributed by atoms with Crippen LogP contribution in [0, 0.1) is 13.8 Å². The third-order valence-corrected chi connectivity index (χ3v) is 4.99. The fourth-order valence-corrected chi connectivity index (χ4v) is 3.34. The van der Waals surface area contributed by atoms with Crippen molar-refractivity contribution in [3.8, 4) is 5.75 Å². The monoisotopic (exact) mass is 383 g/mol. The van der Waals surface area contributed by atoms with E-state index in [2.05, 4.69) is 26.7 Å². The van der Waals surface area contributed by atoms with Crippen LogP contribution in [0.2, 0.25) is 0 Å². The molecule has 0 aliphatic rings. The molecule has 0 aliphatic carbocycles. The number of halogens is 1. The zero-order chi connectivity index (χ0) is 16.2. The summed E-state index contributed by atoms with van der Waals surface area (Å²) in [6, 6.07) is 12.4. The first-order chi connectivity index (χ1) is 10.4. The van der Waals surface area contributed by atoms with Crippen molar-refractivity contribution >= 4 is 26.0 Å². The van der Waals surface area contributed by atoms with E-state index in [1.54, 1.807) is 24.3 Å². The average Bonchev–Trinajstić information content (AvgIpc) is 2.43. The van der Waals surface area contributed by atoms with Crippen molar-refractivity contribution in [3.05, 3.63) is 58.1 Å². The zero-order valence-corrected chi connectivity index (χ0v) is 14.9. The highest BCUT2D eigenvalue weighted by molar-refractivity contribution is 9.10. The molecule has 0 unspecified atom stereocenters. The van der Waals surface area contributed by atoms with Crippen LogP contribution in [0.3, 0.4) is 0 Å². The van der Waals surface area contributed by atoms with Crippen molar-refractivity contribution in [1.82, 2.24) is 4.72 Å². The van der Waals surface area contributed by atoms with Crippen LogP contribution >= 0.6 is 15.9 Å². The number of ether oxygens (including phenoxy) is 1. The number of benzene rings is 2. The predicted molar refractivity (Wildman–Crippen MR) is 90.7 cm³/mol. The van der Waals surface area contributed by atoms with Crippen LogP contribution in [0.5, 0.6) is 5.75 Å². The minimum Gasteiger partial charge on any atom is -0.492 e. The minimum atomic E-state index is -3.50. The maximum absolute atomic E-state index is 12.1. The van der Waals surface area contributed by atoms with Crippen LogP contribution in [0.25, 0.3) is 0 Å². The Labute approximate surface area is 139 Å². The molecule has 0 saturated carbocycles. The number of rotatable bonds is 6. The van der Waals surface area contributed by atoms with Crippen molar-refractivity contribution in [2.24, 2.45) is 0 Å². The Hall–Kier alpha value is -1.37. The Balaban J connectivity index is 1.89. The lowest BCUT2D eigenvalue weighted by molar-refractivity contribution is 0.322. The Morgan fingerprint density at radius 1 is 1.05 bits per heavy atom. The van der Waals surface area contributed by atoms with Gasteiger partial charge in [0.2, 0.25) is 10.0 Å². The van der Waals surface area contributed by atoms with Crippen LogP contribution in [0.1, 0.15) is 11.1 Å². The van der Waals surface area contributed by atoms with E-state index in [1.165, 1.54) is 0 Å². The lowest BCUT2D eigenvalue weighted by Crippen LogP contribution is -2.28. The molecule has 0 aliphatic heterocycles. The molecule has 0 saturated heterocycles. The summed E-state index contributed by atoms with van der Waals surface area (Å²) in [5, 5.41) is 0. The first-order valence-electron chi connectivity index (χ1n) is 6.83. The van der Waals surface area contributed by atoms with Crippen molar-refractivity contribution in [2.75, 3.05) is 13.2 Å². The molecule has 0 aromatic heterocycles. The lowest BCUT2D eigenvalue weighted by Gasteiger charge is -2.10. The lowest BCUT2D eigenvalue weighted by atomic mass is 10.1. The van der Waals surface area contributed by atoms with Crippen molar-refractivity contribution in [1.29, 1.82) is 0 Å². The first-order valence-corrected chi connectivity index (χ1v) is 9.11. The molecule has 0 atom stereocenters. The van der Waals surface area contributed by atoms with E-state index in [9.17, 15) is 8.42 Å². The van der Waals surface area contributed by atoms with Crippen LogP contribution in [0.4, 0.5) is 0 Å². The molecule has 0 amide bonds. The molecule has 1 N–H and O–H groups in total. The van der Waals surface area contributed by atoms with Gasteiger partial charge < -0.3 is 4.74 Å². The van der Waals surface area contributed by atoms with Crippen molar-refractivity contribution < 1.29 is 13.2 Å². The van der Waals surface area contributed by atoms with E-state index in [-0.39, 0.29) is 18.0 Å². The van der Waals surface area contributed by atoms with Gasteiger partial charge in [0, 0.05) is 11.0 Å². The quantitative estimate of drug-likeness (QED) is 0.777. The largest absolute Gasteiger partial charge is 0.492 e. The summed E-state index contributed by atoms with van der Waals surface area (Å²) >= 11 is 3.28. The molecule has 2 rings (SSSR count). The molecule has 2 aromatic carbocycles. The highest BCUT2D eigenvalue weighted by atomic mass is 79.9. The highest BCUT2D eigenvalue weighted by Gasteiger charge is 2.12. The van der Waals surface area contributed by atoms with Gasteiger partial charge in [-0.2, -0.15) is 0 Å². The number of nitrogens with one attached hydrogen (secondary N) is 1. The molecule has 4 nitrogen and oxygen atoms in total. The maximum Gasteiger partial charge on any atom is 0.240 e. The summed E-state index contributed by atoms with van der Waals surface area (Å²) in [6.45, 7) is 4.48. The summed E-state index contributed by atoms with van der Waals surface area (Å²) in [5.41, 5.74) is 2.23. The van der Waals surface area contributed by atoms with Crippen LogP contribution in [-0.4, -0.2) is 21.6 Å². The predicted octanol–water partition coefficient (Wildman–Crippen LogP) is 3.42. The molecule has 118 valence electrons. The Bertz CT molecular complexity index is 722. The van der Waals surface area contributed by atoms with E-state index in [0.717, 1.165) is 21.3 Å². The van der Waals surface area contributed by atoms with E-state index in [0.29, 0.717) is 0 Å². The summed E-state index contributed by atoms with van der Waals surface area (Å²) in [4.78, 5) is 0.238. The second-order valence-electron chi connectivity index (χ2n) is 5.02. The SMILES string of the molecule is Cc1cc(C)cc(OCCNS(=O)(=O)c2ccc(Br)cc2)c1. The molecule has 0 spiro atoms. The van der Waals surface area contributed by atoms with Crippen LogP contribution in [0.15, 0.2) is 51.8 Å². The Morgan fingerprint density at radius 3 is 2.23 bits per heavy atom. The van der Waals surface area contributed by atoms with E-state index in [4.69, 9.17) is 4.74 Å². The molecule has 0 fully saturated rings. The number of sulfonamides is 1. The molecule has 0 radical (unpaired) electrons. The normalized spacial score (nSPS) is 11.4. The summed E-state index contributed by atoms with van der Waals surface area (Å²) < 4.78 is 33.1. The number of hydrogen-bond donors (Lipinski definition) is 1. The smallest absolute Gasteiger partial charge is 0.240 e. The van der Waals surface area contributed by atoms with Gasteiger partial charge >= 0.3 is 0 Å². The summed E-state index contributed by atoms with van der Waals surface area (Å²) in [6.07, 6.45) is 0. The zero-order valence-electron chi connectivity index (χ0n) is 12.5. The van der Waals surface area contributed by atoms with Gasteiger partial charge in [-0.05, 0) is 61.4 Å². The number of hydrogen-bond acceptors (Lipinski definition) is 3. The molecule has 2 aromatic rings. The maximum atomic E-state index is 12.1. The van der Waals surface area contributed by atoms with Crippen LogP contribution < -0.4 is 9.46 Å². The van der Waals surface area contributed by atoms with E-state index < -0.39 is 10.0 Å². The van der Waals surface area contributed by atoms with Gasteiger partial charge in [0.15, 0.2) is 0 Å². The minimum absolute atomic E-state index is 0.214. The van der Waals surface area contributed by atoms with Gasteiger partial charge in [0.1, 0.15) is 12.4 Å². The standard InChI is InChI=1S/C16H18BrNO3S/c1-12-9-13(2)11-15(10-12)21-8-7-18-22(19,20)16-5-3-14(17)4-6-16/h3-6,9-11,18H,7-8H2,1-2H3. The first kappa shape index (κ1) is 17.0. The van der Waals surface area contributed by atoms with Gasteiger partial charge in [0.05, 0.1) is 4.90 Å². The van der Waals surface area contributed by atoms with Crippen LogP contribution in [-0.2, 0) is 10.0 Å². The fourth-order valence-electron chi connectivity index (χ4n) is 2.06. The third kappa shape index (κ3) is 4.83. The van der Waals surface area contributed by atoms with Gasteiger partial charge in [-0.3, -0.25) is 0 Å². The molecular formula is C16H18BrNO3S. The molecular weight excluding hydrogens is 366 g/mol. The molecule has 6 heteroatoms. The molecule has 0 bridgehead atoms. The molecule has 22 heavy (non-hydrogen) atoms. The third-order valence-electron chi connectivity index (χ3n) is 2.98. The fraction of sp³-hybridized carbons (Fsp3) is 0.250. The van der Waals surface area contributed by atoms with E-state index >= 15 is 0 Å². The average molecular weight is 384 g/mol. The Morgan fingerprint density at radius 2 is 1.64 bits per heavy atom. The van der Waals surface area contributed by atoms with Gasteiger partial charge in [0.25, 0.3) is 0 Å². The van der Waals surface area contributed by atoms with Gasteiger partial charge in [-0.1, -0.05) is 22.0 Å². The summed E-state index contributed by atoms with van der Waals surface area (Å²) in [7, 11) is -3.50. The van der Waals surface area contributed by atoms with Crippen molar-refractivity contribution in [3.63, 3.8) is 0 Å². The topological polar surface area (TPSA) is 55.4 Å². The second kappa shape index (κ2) is 7.26. The molecule has 0 heterocycles. The highest BCUT2D eigenvalue weighted by Crippen LogP contribution is 2.16. The van der Waals surface area contributed by atoms with Crippen molar-refractivity contribution in [2.45, 2.75) is 18.7 Å². The Kier molecular flexibility index (Phi) is 5.61. The van der Waals surface area contributed by atoms with Gasteiger partial charge in [-0.25, -0.2) is 13.1 Å². The number of aryl methyl sites for hydroxylation is 2. The van der Waals surface area contributed by atoms with E-state index in [1.807, 2.05) is 26.0 Å². The summed E-state index contributed by atoms with van der Waals surface area (Å²) in [5.74, 6) is 0.750. The second-order valence-corrected chi connectivity index (χ2v) is 7.71. The van der Waals surface area contributed by atoms with Gasteiger partial charge in [-0.15, -0.1) is 0 Å².